The second-order valence-electron chi connectivity index (χ2n) is 15.1. The molecule has 6 atom stereocenters. The SMILES string of the molecule is CCCCN(CC(=O)NCCOc1ccc2c(c1)CCC1C2CCC2(C)C(OCCCOC(C)(C(F)(F)F)C(F)(F)F)CCC12)C1CCSSC1. The molecule has 1 aromatic carbocycles. The fraction of sp³-hybridized carbons (Fsp3) is 0.811. The molecule has 51 heavy (non-hydrogen) atoms. The van der Waals surface area contributed by atoms with Crippen LogP contribution in [0, 0.1) is 17.3 Å². The maximum atomic E-state index is 13.1. The van der Waals surface area contributed by atoms with E-state index in [1.807, 2.05) is 27.7 Å². The van der Waals surface area contributed by atoms with Crippen molar-refractivity contribution in [2.75, 3.05) is 51.0 Å². The number of fused-ring (bicyclic) bond motifs is 5. The first-order valence-corrected chi connectivity index (χ1v) is 21.1. The third-order valence-corrected chi connectivity index (χ3v) is 14.4. The smallest absolute Gasteiger partial charge is 0.426 e. The Hall–Kier alpha value is -1.35. The highest BCUT2D eigenvalue weighted by Crippen LogP contribution is 2.61. The maximum absolute atomic E-state index is 13.1. The van der Waals surface area contributed by atoms with Crippen molar-refractivity contribution in [3.63, 3.8) is 0 Å². The van der Waals surface area contributed by atoms with E-state index in [-0.39, 0.29) is 37.4 Å². The highest BCUT2D eigenvalue weighted by Gasteiger charge is 2.69. The molecule has 1 N–H and O–H groups in total. The Kier molecular flexibility index (Phi) is 13.9. The van der Waals surface area contributed by atoms with Gasteiger partial charge < -0.3 is 19.5 Å². The summed E-state index contributed by atoms with van der Waals surface area (Å²) >= 11 is 0. The lowest BCUT2D eigenvalue weighted by Gasteiger charge is -2.50. The first kappa shape index (κ1) is 40.8. The van der Waals surface area contributed by atoms with Crippen LogP contribution in [0.2, 0.25) is 0 Å². The number of nitrogens with one attached hydrogen (secondary N) is 1. The second-order valence-corrected chi connectivity index (χ2v) is 17.7. The van der Waals surface area contributed by atoms with Crippen LogP contribution in [0.1, 0.15) is 95.6 Å². The summed E-state index contributed by atoms with van der Waals surface area (Å²) in [5.41, 5.74) is -1.60. The van der Waals surface area contributed by atoms with E-state index in [9.17, 15) is 31.1 Å². The minimum absolute atomic E-state index is 0.0345. The Morgan fingerprint density at radius 3 is 2.49 bits per heavy atom. The van der Waals surface area contributed by atoms with Crippen molar-refractivity contribution < 1.29 is 45.3 Å². The van der Waals surface area contributed by atoms with Gasteiger partial charge in [0.15, 0.2) is 0 Å². The molecule has 0 spiro atoms. The number of carbonyl (C=O) groups is 1. The average Bonchev–Trinajstić information content (AvgIpc) is 3.43. The quantitative estimate of drug-likeness (QED) is 0.102. The zero-order valence-corrected chi connectivity index (χ0v) is 31.6. The highest BCUT2D eigenvalue weighted by atomic mass is 33.1. The van der Waals surface area contributed by atoms with Crippen LogP contribution < -0.4 is 10.1 Å². The number of amides is 1. The number of unbranched alkanes of at least 4 members (excludes halogenated alkanes) is 1. The average molecular weight is 769 g/mol. The standard InChI is InChI=1S/C37H54F6N2O4S2/c1-4-5-17-45(26-14-21-50-51-24-26)23-33(46)44-16-20-47-27-8-10-28-25(22-27)7-9-30-29(28)13-15-34(2)31(30)11-12-32(34)48-18-6-19-49-35(3,36(38,39)40)37(41,42)43/h8,10,22,26,29-32H,4-7,9,11-21,23-24H2,1-3H3,(H,44,46). The number of aryl methyl sites for hydroxylation is 1. The zero-order valence-electron chi connectivity index (χ0n) is 30.0. The summed E-state index contributed by atoms with van der Waals surface area (Å²) in [4.78, 5) is 15.1. The maximum Gasteiger partial charge on any atom is 0.426 e. The topological polar surface area (TPSA) is 60.0 Å². The van der Waals surface area contributed by atoms with E-state index in [4.69, 9.17) is 9.47 Å². The predicted molar refractivity (Wildman–Crippen MR) is 190 cm³/mol. The van der Waals surface area contributed by atoms with E-state index in [1.165, 1.54) is 11.1 Å². The van der Waals surface area contributed by atoms with Crippen LogP contribution in [0.5, 0.6) is 5.75 Å². The van der Waals surface area contributed by atoms with E-state index in [2.05, 4.69) is 40.9 Å². The van der Waals surface area contributed by atoms with Gasteiger partial charge in [-0.25, -0.2) is 0 Å². The van der Waals surface area contributed by atoms with Gasteiger partial charge in [-0.15, -0.1) is 0 Å². The Balaban J connectivity index is 1.07. The molecule has 3 fully saturated rings. The Labute approximate surface area is 306 Å². The molecule has 0 bridgehead atoms. The first-order chi connectivity index (χ1) is 24.2. The van der Waals surface area contributed by atoms with Crippen LogP contribution in [-0.4, -0.2) is 91.9 Å². The van der Waals surface area contributed by atoms with Gasteiger partial charge in [0.2, 0.25) is 5.91 Å². The Morgan fingerprint density at radius 2 is 1.78 bits per heavy atom. The number of benzene rings is 1. The van der Waals surface area contributed by atoms with Gasteiger partial charge in [-0.2, -0.15) is 26.3 Å². The molecule has 5 rings (SSSR count). The van der Waals surface area contributed by atoms with Crippen molar-refractivity contribution in [3.05, 3.63) is 29.3 Å². The third kappa shape index (κ3) is 9.49. The number of alkyl halides is 6. The van der Waals surface area contributed by atoms with Crippen molar-refractivity contribution in [2.45, 2.75) is 121 Å². The summed E-state index contributed by atoms with van der Waals surface area (Å²) in [5.74, 6) is 4.42. The molecule has 0 radical (unpaired) electrons. The number of carbonyl (C=O) groups excluding carboxylic acids is 1. The van der Waals surface area contributed by atoms with Crippen molar-refractivity contribution in [1.29, 1.82) is 0 Å². The van der Waals surface area contributed by atoms with E-state index in [1.54, 1.807) is 0 Å². The molecule has 1 aromatic rings. The van der Waals surface area contributed by atoms with Crippen LogP contribution in [0.25, 0.3) is 0 Å². The Bertz CT molecular complexity index is 1280. The molecule has 1 heterocycles. The van der Waals surface area contributed by atoms with Crippen molar-refractivity contribution in [3.8, 4) is 5.75 Å². The first-order valence-electron chi connectivity index (χ1n) is 18.6. The van der Waals surface area contributed by atoms with Gasteiger partial charge >= 0.3 is 12.4 Å². The number of ether oxygens (including phenoxy) is 3. The largest absolute Gasteiger partial charge is 0.492 e. The number of hydrogen-bond donors (Lipinski definition) is 1. The molecule has 2 saturated carbocycles. The van der Waals surface area contributed by atoms with Gasteiger partial charge in [-0.1, -0.05) is 47.9 Å². The third-order valence-electron chi connectivity index (χ3n) is 11.9. The van der Waals surface area contributed by atoms with Crippen LogP contribution in [-0.2, 0) is 20.7 Å². The predicted octanol–water partition coefficient (Wildman–Crippen LogP) is 8.97. The van der Waals surface area contributed by atoms with Gasteiger partial charge in [0, 0.05) is 24.2 Å². The number of hydrogen-bond acceptors (Lipinski definition) is 7. The molecule has 4 aliphatic rings. The second kappa shape index (κ2) is 17.4. The molecular formula is C37H54F6N2O4S2. The molecule has 14 heteroatoms. The molecular weight excluding hydrogens is 715 g/mol. The minimum Gasteiger partial charge on any atom is -0.492 e. The summed E-state index contributed by atoms with van der Waals surface area (Å²) < 4.78 is 95.4. The van der Waals surface area contributed by atoms with Crippen molar-refractivity contribution >= 4 is 27.5 Å². The number of rotatable bonds is 16. The summed E-state index contributed by atoms with van der Waals surface area (Å²) in [6.07, 6.45) is -2.15. The molecule has 0 aromatic heterocycles. The van der Waals surface area contributed by atoms with E-state index < -0.39 is 24.6 Å². The molecule has 6 nitrogen and oxygen atoms in total. The summed E-state index contributed by atoms with van der Waals surface area (Å²) in [6.45, 7) is 6.05. The van der Waals surface area contributed by atoms with Crippen LogP contribution in [0.15, 0.2) is 18.2 Å². The van der Waals surface area contributed by atoms with Crippen LogP contribution in [0.3, 0.4) is 0 Å². The number of nitrogens with zero attached hydrogens (tertiary/aromatic N) is 1. The Morgan fingerprint density at radius 1 is 1.00 bits per heavy atom. The molecule has 290 valence electrons. The van der Waals surface area contributed by atoms with E-state index in [0.717, 1.165) is 81.6 Å². The molecule has 1 saturated heterocycles. The zero-order chi connectivity index (χ0) is 36.9. The van der Waals surface area contributed by atoms with E-state index >= 15 is 0 Å². The van der Waals surface area contributed by atoms with E-state index in [0.29, 0.717) is 43.5 Å². The van der Waals surface area contributed by atoms with Crippen LogP contribution in [0.4, 0.5) is 26.3 Å². The summed E-state index contributed by atoms with van der Waals surface area (Å²) in [7, 11) is 3.82. The minimum atomic E-state index is -5.56. The molecule has 6 unspecified atom stereocenters. The lowest BCUT2D eigenvalue weighted by molar-refractivity contribution is -0.374. The van der Waals surface area contributed by atoms with Crippen molar-refractivity contribution in [2.24, 2.45) is 17.3 Å². The monoisotopic (exact) mass is 768 g/mol. The van der Waals surface area contributed by atoms with Crippen LogP contribution >= 0.6 is 21.6 Å². The molecule has 1 aliphatic heterocycles. The van der Waals surface area contributed by atoms with Gasteiger partial charge in [0.1, 0.15) is 12.4 Å². The normalized spacial score (nSPS) is 28.2. The highest BCUT2D eigenvalue weighted by molar-refractivity contribution is 8.76. The lowest BCUT2D eigenvalue weighted by atomic mass is 9.55. The summed E-state index contributed by atoms with van der Waals surface area (Å²) in [5, 5.41) is 3.05. The van der Waals surface area contributed by atoms with Gasteiger partial charge in [-0.3, -0.25) is 9.69 Å². The van der Waals surface area contributed by atoms with Gasteiger partial charge in [0.25, 0.3) is 5.60 Å². The fourth-order valence-corrected chi connectivity index (χ4v) is 11.4. The molecule has 1 amide bonds. The fourth-order valence-electron chi connectivity index (χ4n) is 8.85. The lowest BCUT2D eigenvalue weighted by Crippen LogP contribution is -2.56. The molecule has 3 aliphatic carbocycles. The summed E-state index contributed by atoms with van der Waals surface area (Å²) in [6, 6.07) is 6.84. The van der Waals surface area contributed by atoms with Crippen molar-refractivity contribution in [1.82, 2.24) is 10.2 Å². The number of halogens is 6. The van der Waals surface area contributed by atoms with Gasteiger partial charge in [-0.05, 0) is 118 Å². The van der Waals surface area contributed by atoms with Gasteiger partial charge in [0.05, 0.1) is 25.8 Å².